The zero-order chi connectivity index (χ0) is 24.5. The molecule has 7 nitrogen and oxygen atoms in total. The molecule has 2 heterocycles. The van der Waals surface area contributed by atoms with Gasteiger partial charge < -0.3 is 5.32 Å². The zero-order valence-corrected chi connectivity index (χ0v) is 20.2. The van der Waals surface area contributed by atoms with E-state index in [2.05, 4.69) is 14.9 Å². The third kappa shape index (κ3) is 4.86. The van der Waals surface area contributed by atoms with Crippen molar-refractivity contribution in [3.05, 3.63) is 81.9 Å². The van der Waals surface area contributed by atoms with Gasteiger partial charge in [0.05, 0.1) is 6.04 Å². The number of hydrogen-bond acceptors (Lipinski definition) is 6. The van der Waals surface area contributed by atoms with E-state index in [1.54, 1.807) is 31.2 Å². The van der Waals surface area contributed by atoms with E-state index in [9.17, 15) is 17.6 Å². The standard InChI is InChI=1S/C23H24F2N4O3S2/c1-14-8-9-22(16-6-4-3-5-7-16)34(31,32)29(14)12-17-10-20(25)18(11-19(17)24)15(2)26-23(30)21-13-33-28-27-21/h3-7,10-11,13-15,22H,8-9,12H2,1-2H3,(H,26,30)/t14-,15?,22+/m0/s1. The molecule has 34 heavy (non-hydrogen) atoms. The van der Waals surface area contributed by atoms with E-state index in [1.165, 1.54) is 16.6 Å². The van der Waals surface area contributed by atoms with E-state index in [1.807, 2.05) is 6.07 Å². The van der Waals surface area contributed by atoms with Gasteiger partial charge in [0.2, 0.25) is 10.0 Å². The Morgan fingerprint density at radius 2 is 1.94 bits per heavy atom. The SMILES string of the molecule is CC(NC(=O)c1csnn1)c1cc(F)c(CN2[C@@H](C)CC[C@H](c3ccccc3)S2(=O)=O)cc1F. The Morgan fingerprint density at radius 1 is 1.21 bits per heavy atom. The van der Waals surface area contributed by atoms with Crippen molar-refractivity contribution in [3.8, 4) is 0 Å². The van der Waals surface area contributed by atoms with Crippen molar-refractivity contribution in [2.45, 2.75) is 50.6 Å². The average Bonchev–Trinajstić information content (AvgIpc) is 3.34. The Morgan fingerprint density at radius 3 is 2.62 bits per heavy atom. The Hall–Kier alpha value is -2.76. The topological polar surface area (TPSA) is 92.3 Å². The van der Waals surface area contributed by atoms with Crippen LogP contribution in [-0.4, -0.2) is 34.3 Å². The first-order valence-electron chi connectivity index (χ1n) is 10.8. The number of aromatic nitrogens is 2. The van der Waals surface area contributed by atoms with Crippen LogP contribution in [0.1, 0.15) is 65.2 Å². The summed E-state index contributed by atoms with van der Waals surface area (Å²) in [7, 11) is -3.79. The summed E-state index contributed by atoms with van der Waals surface area (Å²) in [6.07, 6.45) is 1.07. The van der Waals surface area contributed by atoms with Crippen molar-refractivity contribution < 1.29 is 22.0 Å². The van der Waals surface area contributed by atoms with Gasteiger partial charge in [-0.3, -0.25) is 4.79 Å². The molecule has 0 saturated carbocycles. The molecule has 0 spiro atoms. The monoisotopic (exact) mass is 506 g/mol. The van der Waals surface area contributed by atoms with Gasteiger partial charge in [0.15, 0.2) is 5.69 Å². The number of sulfonamides is 1. The fraction of sp³-hybridized carbons (Fsp3) is 0.348. The van der Waals surface area contributed by atoms with Crippen molar-refractivity contribution in [3.63, 3.8) is 0 Å². The molecule has 180 valence electrons. The number of nitrogens with zero attached hydrogens (tertiary/aromatic N) is 3. The molecule has 1 unspecified atom stereocenters. The summed E-state index contributed by atoms with van der Waals surface area (Å²) in [5.41, 5.74) is 0.662. The van der Waals surface area contributed by atoms with Gasteiger partial charge in [-0.25, -0.2) is 17.2 Å². The second-order valence-corrected chi connectivity index (χ2v) is 11.0. The van der Waals surface area contributed by atoms with Crippen LogP contribution in [0.15, 0.2) is 47.8 Å². The van der Waals surface area contributed by atoms with E-state index >= 15 is 4.39 Å². The number of carbonyl (C=O) groups is 1. The molecular weight excluding hydrogens is 482 g/mol. The third-order valence-corrected chi connectivity index (χ3v) is 8.97. The van der Waals surface area contributed by atoms with Gasteiger partial charge in [0.25, 0.3) is 5.91 Å². The molecule has 2 aromatic carbocycles. The first kappa shape index (κ1) is 24.4. The van der Waals surface area contributed by atoms with Crippen LogP contribution >= 0.6 is 11.5 Å². The van der Waals surface area contributed by atoms with Gasteiger partial charge in [-0.2, -0.15) is 4.31 Å². The molecule has 0 radical (unpaired) electrons. The smallest absolute Gasteiger partial charge is 0.273 e. The number of carbonyl (C=O) groups excluding carboxylic acids is 1. The van der Waals surface area contributed by atoms with Crippen LogP contribution in [-0.2, 0) is 16.6 Å². The molecule has 1 aliphatic rings. The lowest BCUT2D eigenvalue weighted by molar-refractivity contribution is 0.0934. The lowest BCUT2D eigenvalue weighted by atomic mass is 10.0. The van der Waals surface area contributed by atoms with Crippen LogP contribution < -0.4 is 5.32 Å². The van der Waals surface area contributed by atoms with E-state index in [-0.39, 0.29) is 29.4 Å². The molecule has 1 aromatic heterocycles. The first-order chi connectivity index (χ1) is 16.2. The van der Waals surface area contributed by atoms with Gasteiger partial charge >= 0.3 is 0 Å². The molecule has 1 N–H and O–H groups in total. The first-order valence-corrected chi connectivity index (χ1v) is 13.1. The normalized spacial score (nSPS) is 21.2. The maximum absolute atomic E-state index is 15.0. The molecule has 1 saturated heterocycles. The molecule has 1 amide bonds. The summed E-state index contributed by atoms with van der Waals surface area (Å²) in [6, 6.07) is 9.74. The molecular formula is C23H24F2N4O3S2. The molecule has 3 atom stereocenters. The Labute approximate surface area is 201 Å². The van der Waals surface area contributed by atoms with Crippen molar-refractivity contribution in [1.29, 1.82) is 0 Å². The van der Waals surface area contributed by atoms with Crippen LogP contribution in [0.2, 0.25) is 0 Å². The number of amides is 1. The summed E-state index contributed by atoms with van der Waals surface area (Å²) in [5, 5.41) is 6.94. The fourth-order valence-corrected chi connectivity index (χ4v) is 6.81. The van der Waals surface area contributed by atoms with E-state index in [0.29, 0.717) is 18.4 Å². The van der Waals surface area contributed by atoms with Gasteiger partial charge in [0, 0.05) is 29.1 Å². The zero-order valence-electron chi connectivity index (χ0n) is 18.6. The fourth-order valence-electron chi connectivity index (χ4n) is 4.19. The van der Waals surface area contributed by atoms with Crippen LogP contribution in [0.25, 0.3) is 0 Å². The minimum Gasteiger partial charge on any atom is -0.344 e. The summed E-state index contributed by atoms with van der Waals surface area (Å²) in [6.45, 7) is 3.02. The van der Waals surface area contributed by atoms with Crippen LogP contribution in [0, 0.1) is 11.6 Å². The molecule has 0 aliphatic carbocycles. The summed E-state index contributed by atoms with van der Waals surface area (Å²) in [4.78, 5) is 12.2. The highest BCUT2D eigenvalue weighted by molar-refractivity contribution is 7.89. The Kier molecular flexibility index (Phi) is 7.06. The van der Waals surface area contributed by atoms with E-state index in [4.69, 9.17) is 0 Å². The maximum Gasteiger partial charge on any atom is 0.273 e. The Balaban J connectivity index is 1.56. The molecule has 3 aromatic rings. The van der Waals surface area contributed by atoms with E-state index < -0.39 is 38.9 Å². The molecule has 1 aliphatic heterocycles. The Bertz CT molecular complexity index is 1270. The molecule has 1 fully saturated rings. The summed E-state index contributed by atoms with van der Waals surface area (Å²) < 4.78 is 61.6. The largest absolute Gasteiger partial charge is 0.344 e. The number of halogens is 2. The predicted octanol–water partition coefficient (Wildman–Crippen LogP) is 4.36. The second kappa shape index (κ2) is 9.85. The number of nitrogens with one attached hydrogen (secondary N) is 1. The highest BCUT2D eigenvalue weighted by atomic mass is 32.2. The number of benzene rings is 2. The van der Waals surface area contributed by atoms with Crippen LogP contribution in [0.4, 0.5) is 8.78 Å². The lowest BCUT2D eigenvalue weighted by Crippen LogP contribution is -2.44. The highest BCUT2D eigenvalue weighted by Crippen LogP contribution is 2.38. The van der Waals surface area contributed by atoms with Gasteiger partial charge in [0.1, 0.15) is 16.9 Å². The third-order valence-electron chi connectivity index (χ3n) is 6.09. The second-order valence-electron chi connectivity index (χ2n) is 8.37. The van der Waals surface area contributed by atoms with Crippen molar-refractivity contribution in [2.24, 2.45) is 0 Å². The summed E-state index contributed by atoms with van der Waals surface area (Å²) >= 11 is 1.00. The quantitative estimate of drug-likeness (QED) is 0.536. The minimum absolute atomic E-state index is 0.0468. The van der Waals surface area contributed by atoms with Gasteiger partial charge in [-0.15, -0.1) is 5.10 Å². The predicted molar refractivity (Wildman–Crippen MR) is 124 cm³/mol. The van der Waals surface area contributed by atoms with Gasteiger partial charge in [-0.05, 0) is 55.9 Å². The van der Waals surface area contributed by atoms with E-state index in [0.717, 1.165) is 23.7 Å². The van der Waals surface area contributed by atoms with Gasteiger partial charge in [-0.1, -0.05) is 34.8 Å². The van der Waals surface area contributed by atoms with Crippen molar-refractivity contribution >= 4 is 27.5 Å². The lowest BCUT2D eigenvalue weighted by Gasteiger charge is -2.37. The maximum atomic E-state index is 15.0. The summed E-state index contributed by atoms with van der Waals surface area (Å²) in [5.74, 6) is -2.02. The minimum atomic E-state index is -3.79. The molecule has 0 bridgehead atoms. The number of hydrogen-bond donors (Lipinski definition) is 1. The molecule has 4 rings (SSSR count). The van der Waals surface area contributed by atoms with Crippen molar-refractivity contribution in [2.75, 3.05) is 0 Å². The van der Waals surface area contributed by atoms with Crippen LogP contribution in [0.3, 0.4) is 0 Å². The van der Waals surface area contributed by atoms with Crippen LogP contribution in [0.5, 0.6) is 0 Å². The number of rotatable bonds is 6. The average molecular weight is 507 g/mol. The van der Waals surface area contributed by atoms with Crippen molar-refractivity contribution in [1.82, 2.24) is 19.2 Å². The molecule has 11 heteroatoms. The highest BCUT2D eigenvalue weighted by Gasteiger charge is 2.40.